The highest BCUT2D eigenvalue weighted by molar-refractivity contribution is 6.11. The number of carbonyl (C=O) groups excluding carboxylic acids is 1. The summed E-state index contributed by atoms with van der Waals surface area (Å²) in [6.07, 6.45) is 27.0. The average Bonchev–Trinajstić information content (AvgIpc) is 3.18. The van der Waals surface area contributed by atoms with Crippen LogP contribution in [0.5, 0.6) is 0 Å². The first-order valence-corrected chi connectivity index (χ1v) is 22.4. The van der Waals surface area contributed by atoms with E-state index in [1.807, 2.05) is 12.1 Å². The number of halogens is 4. The summed E-state index contributed by atoms with van der Waals surface area (Å²) in [7, 11) is 0. The van der Waals surface area contributed by atoms with Crippen molar-refractivity contribution in [1.82, 2.24) is 0 Å². The number of hydrogen-bond donors (Lipinski definition) is 0. The van der Waals surface area contributed by atoms with Crippen LogP contribution in [0.25, 0.3) is 0 Å². The van der Waals surface area contributed by atoms with Gasteiger partial charge in [-0.1, -0.05) is 102 Å². The second-order valence-electron chi connectivity index (χ2n) is 18.8. The number of unbranched alkanes of at least 4 members (excludes halogenated alkanes) is 2. The Hall–Kier alpha value is -2.17. The number of carbonyl (C=O) groups is 1. The molecule has 0 heterocycles. The van der Waals surface area contributed by atoms with Gasteiger partial charge in [0.25, 0.3) is 11.8 Å². The molecule has 0 radical (unpaired) electrons. The van der Waals surface area contributed by atoms with E-state index in [0.29, 0.717) is 11.8 Å². The molecule has 0 atom stereocenters. The summed E-state index contributed by atoms with van der Waals surface area (Å²) >= 11 is 0. The van der Waals surface area contributed by atoms with Gasteiger partial charge in [-0.2, -0.15) is 0 Å². The lowest BCUT2D eigenvalue weighted by molar-refractivity contribution is 0.0158. The van der Waals surface area contributed by atoms with Crippen molar-refractivity contribution in [1.29, 1.82) is 0 Å². The molecule has 0 bridgehead atoms. The van der Waals surface area contributed by atoms with Crippen LogP contribution in [-0.4, -0.2) is 5.78 Å². The molecule has 300 valence electrons. The van der Waals surface area contributed by atoms with E-state index in [4.69, 9.17) is 0 Å². The fourth-order valence-corrected chi connectivity index (χ4v) is 11.6. The Bertz CT molecular complexity index is 1380. The zero-order valence-electron chi connectivity index (χ0n) is 34.1. The molecule has 6 rings (SSSR count). The monoisotopic (exact) mass is 751 g/mol. The van der Waals surface area contributed by atoms with E-state index in [1.54, 1.807) is 0 Å². The quantitative estimate of drug-likeness (QED) is 0.139. The summed E-state index contributed by atoms with van der Waals surface area (Å²) in [6.45, 7) is 6.18. The van der Waals surface area contributed by atoms with Crippen molar-refractivity contribution in [2.24, 2.45) is 35.5 Å². The minimum atomic E-state index is -3.28. The maximum Gasteiger partial charge on any atom is 0.271 e. The number of rotatable bonds is 14. The lowest BCUT2D eigenvalue weighted by atomic mass is 9.67. The molecule has 54 heavy (non-hydrogen) atoms. The van der Waals surface area contributed by atoms with E-state index in [-0.39, 0.29) is 34.1 Å². The fourth-order valence-electron chi connectivity index (χ4n) is 11.6. The number of benzene rings is 2. The molecule has 0 aromatic heterocycles. The first-order chi connectivity index (χ1) is 25.9. The van der Waals surface area contributed by atoms with E-state index in [1.165, 1.54) is 114 Å². The lowest BCUT2D eigenvalue weighted by Gasteiger charge is -2.38. The van der Waals surface area contributed by atoms with Crippen LogP contribution in [0.3, 0.4) is 0 Å². The molecule has 0 spiro atoms. The minimum absolute atomic E-state index is 0.164. The smallest absolute Gasteiger partial charge is 0.271 e. The van der Waals surface area contributed by atoms with Gasteiger partial charge in [0, 0.05) is 36.1 Å². The van der Waals surface area contributed by atoms with Gasteiger partial charge in [-0.15, -0.1) is 0 Å². The first-order valence-electron chi connectivity index (χ1n) is 22.4. The van der Waals surface area contributed by atoms with Crippen LogP contribution in [0.4, 0.5) is 17.6 Å². The Labute approximate surface area is 325 Å². The molecule has 4 aliphatic carbocycles. The van der Waals surface area contributed by atoms with Crippen molar-refractivity contribution in [3.8, 4) is 0 Å². The van der Waals surface area contributed by atoms with E-state index in [0.717, 1.165) is 100 Å². The van der Waals surface area contributed by atoms with Crippen LogP contribution < -0.4 is 0 Å². The third-order valence-electron chi connectivity index (χ3n) is 15.1. The molecule has 2 aromatic rings. The van der Waals surface area contributed by atoms with Crippen LogP contribution in [0.2, 0.25) is 0 Å². The van der Waals surface area contributed by atoms with Crippen molar-refractivity contribution in [2.75, 3.05) is 0 Å². The molecule has 5 heteroatoms. The van der Waals surface area contributed by atoms with Crippen LogP contribution in [-0.2, 0) is 11.8 Å². The van der Waals surface area contributed by atoms with Gasteiger partial charge in [-0.3, -0.25) is 4.79 Å². The van der Waals surface area contributed by atoms with Gasteiger partial charge < -0.3 is 0 Å². The SMILES string of the molecule is CCCCC1CCC(C2CCC(c3ccc(C(=O)c4ccc(C5CCC(C6CCC(CCCC)CC6)CC5)cc4C(C)(F)F)c(C(C)(F)F)c3)CC2)CC1. The highest BCUT2D eigenvalue weighted by Gasteiger charge is 2.38. The molecule has 0 saturated heterocycles. The molecule has 4 fully saturated rings. The summed E-state index contributed by atoms with van der Waals surface area (Å²) in [4.78, 5) is 14.1. The van der Waals surface area contributed by atoms with Crippen LogP contribution in [0.1, 0.15) is 219 Å². The van der Waals surface area contributed by atoms with Gasteiger partial charge in [0.2, 0.25) is 0 Å². The summed E-state index contributed by atoms with van der Waals surface area (Å²) < 4.78 is 61.3. The summed E-state index contributed by atoms with van der Waals surface area (Å²) in [6, 6.07) is 9.67. The van der Waals surface area contributed by atoms with Crippen molar-refractivity contribution in [2.45, 2.75) is 193 Å². The fraction of sp³-hybridized carbons (Fsp3) is 0.735. The zero-order valence-corrected chi connectivity index (χ0v) is 34.1. The molecular weight excluding hydrogens is 681 g/mol. The second-order valence-corrected chi connectivity index (χ2v) is 18.8. The predicted molar refractivity (Wildman–Crippen MR) is 215 cm³/mol. The molecule has 0 unspecified atom stereocenters. The van der Waals surface area contributed by atoms with E-state index < -0.39 is 17.6 Å². The largest absolute Gasteiger partial charge is 0.289 e. The van der Waals surface area contributed by atoms with Crippen molar-refractivity contribution >= 4 is 5.78 Å². The summed E-state index contributed by atoms with van der Waals surface area (Å²) in [5.74, 6) is -2.15. The maximum atomic E-state index is 15.3. The standard InChI is InChI=1S/C49H70F4O/c1-5-7-9-33-11-15-35(16-12-33)37-19-23-39(24-20-37)41-27-29-43(45(31-41)48(3,50)51)47(54)44-30-28-42(32-46(44)49(4,52)53)40-25-21-38(22-26-40)36-17-13-34(14-18-36)10-8-6-2/h27-40H,5-26H2,1-4H3. The van der Waals surface area contributed by atoms with Gasteiger partial charge >= 0.3 is 0 Å². The van der Waals surface area contributed by atoms with Crippen LogP contribution in [0.15, 0.2) is 36.4 Å². The summed E-state index contributed by atoms with van der Waals surface area (Å²) in [5, 5.41) is 0. The van der Waals surface area contributed by atoms with Gasteiger partial charge in [-0.05, 0) is 148 Å². The second kappa shape index (κ2) is 18.4. The van der Waals surface area contributed by atoms with E-state index >= 15 is 17.6 Å². The molecule has 0 N–H and O–H groups in total. The van der Waals surface area contributed by atoms with Crippen LogP contribution >= 0.6 is 0 Å². The van der Waals surface area contributed by atoms with Gasteiger partial charge in [0.05, 0.1) is 0 Å². The number of hydrogen-bond acceptors (Lipinski definition) is 1. The van der Waals surface area contributed by atoms with Crippen molar-refractivity contribution < 1.29 is 22.4 Å². The Morgan fingerprint density at radius 3 is 1.13 bits per heavy atom. The van der Waals surface area contributed by atoms with Crippen molar-refractivity contribution in [3.63, 3.8) is 0 Å². The predicted octanol–water partition coefficient (Wildman–Crippen LogP) is 15.7. The Balaban J connectivity index is 1.11. The maximum absolute atomic E-state index is 15.3. The zero-order chi connectivity index (χ0) is 38.5. The Kier molecular flexibility index (Phi) is 14.1. The average molecular weight is 751 g/mol. The molecule has 0 amide bonds. The van der Waals surface area contributed by atoms with Crippen LogP contribution in [0, 0.1) is 35.5 Å². The molecule has 2 aromatic carbocycles. The van der Waals surface area contributed by atoms with E-state index in [2.05, 4.69) is 13.8 Å². The minimum Gasteiger partial charge on any atom is -0.289 e. The first kappa shape index (κ1) is 41.5. The topological polar surface area (TPSA) is 17.1 Å². The van der Waals surface area contributed by atoms with Crippen molar-refractivity contribution in [3.05, 3.63) is 69.8 Å². The third kappa shape index (κ3) is 10.2. The highest BCUT2D eigenvalue weighted by Crippen LogP contribution is 2.48. The Morgan fingerprint density at radius 1 is 0.519 bits per heavy atom. The van der Waals surface area contributed by atoms with E-state index in [9.17, 15) is 4.79 Å². The highest BCUT2D eigenvalue weighted by atomic mass is 19.3. The molecular formula is C49H70F4O. The molecule has 0 aliphatic heterocycles. The number of alkyl halides is 4. The Morgan fingerprint density at radius 2 is 0.833 bits per heavy atom. The summed E-state index contributed by atoms with van der Waals surface area (Å²) in [5.41, 5.74) is 0.683. The van der Waals surface area contributed by atoms with Gasteiger partial charge in [0.1, 0.15) is 0 Å². The lowest BCUT2D eigenvalue weighted by Crippen LogP contribution is -2.26. The van der Waals surface area contributed by atoms with Gasteiger partial charge in [-0.25, -0.2) is 17.6 Å². The van der Waals surface area contributed by atoms with Gasteiger partial charge in [0.15, 0.2) is 5.78 Å². The number of ketones is 1. The molecule has 1 nitrogen and oxygen atoms in total. The molecule has 4 saturated carbocycles. The third-order valence-corrected chi connectivity index (χ3v) is 15.1. The normalized spacial score (nSPS) is 29.9. The molecule has 4 aliphatic rings.